The highest BCUT2D eigenvalue weighted by Gasteiger charge is 2.08. The second-order valence-corrected chi connectivity index (χ2v) is 3.43. The Labute approximate surface area is 84.9 Å². The van der Waals surface area contributed by atoms with E-state index >= 15 is 0 Å². The molecule has 0 unspecified atom stereocenters. The van der Waals surface area contributed by atoms with Crippen LogP contribution >= 0.6 is 0 Å². The molecule has 0 aliphatic rings. The van der Waals surface area contributed by atoms with Crippen LogP contribution in [0.25, 0.3) is 0 Å². The number of rotatable bonds is 5. The van der Waals surface area contributed by atoms with Gasteiger partial charge in [0, 0.05) is 18.4 Å². The van der Waals surface area contributed by atoms with Crippen molar-refractivity contribution in [1.29, 1.82) is 5.26 Å². The highest BCUT2D eigenvalue weighted by atomic mass is 14.7. The number of nitrogens with two attached hydrogens (primary N) is 1. The summed E-state index contributed by atoms with van der Waals surface area (Å²) in [6.07, 6.45) is 6.26. The molecule has 1 aromatic rings. The number of unbranched alkanes of at least 4 members (excludes halogenated alkanes) is 2. The van der Waals surface area contributed by atoms with Crippen LogP contribution in [0, 0.1) is 11.3 Å². The topological polar surface area (TPSA) is 65.6 Å². The van der Waals surface area contributed by atoms with Gasteiger partial charge in [-0.25, -0.2) is 0 Å². The number of hydrogen-bond acceptors (Lipinski definition) is 2. The maximum absolute atomic E-state index is 8.87. The summed E-state index contributed by atoms with van der Waals surface area (Å²) in [5.41, 5.74) is 8.46. The lowest BCUT2D eigenvalue weighted by molar-refractivity contribution is 0.712. The smallest absolute Gasteiger partial charge is 0.101 e. The van der Waals surface area contributed by atoms with E-state index in [0.29, 0.717) is 6.54 Å². The maximum Gasteiger partial charge on any atom is 0.101 e. The Morgan fingerprint density at radius 2 is 2.29 bits per heavy atom. The van der Waals surface area contributed by atoms with Crippen LogP contribution in [0.2, 0.25) is 0 Å². The van der Waals surface area contributed by atoms with Gasteiger partial charge in [0.25, 0.3) is 0 Å². The summed E-state index contributed by atoms with van der Waals surface area (Å²) in [7, 11) is 0. The van der Waals surface area contributed by atoms with Gasteiger partial charge in [-0.1, -0.05) is 19.8 Å². The summed E-state index contributed by atoms with van der Waals surface area (Å²) in [6.45, 7) is 2.66. The van der Waals surface area contributed by atoms with Crippen molar-refractivity contribution >= 4 is 0 Å². The Bertz CT molecular complexity index is 320. The molecule has 0 radical (unpaired) electrons. The maximum atomic E-state index is 8.87. The fourth-order valence-electron chi connectivity index (χ4n) is 1.62. The van der Waals surface area contributed by atoms with Crippen molar-refractivity contribution in [3.63, 3.8) is 0 Å². The van der Waals surface area contributed by atoms with E-state index in [1.165, 1.54) is 12.8 Å². The van der Waals surface area contributed by atoms with Gasteiger partial charge in [0.1, 0.15) is 6.07 Å². The predicted molar refractivity (Wildman–Crippen MR) is 56.6 cm³/mol. The highest BCUT2D eigenvalue weighted by Crippen LogP contribution is 2.16. The van der Waals surface area contributed by atoms with Crippen LogP contribution in [-0.4, -0.2) is 4.98 Å². The number of H-pyrrole nitrogens is 1. The van der Waals surface area contributed by atoms with Crippen molar-refractivity contribution in [3.8, 4) is 6.07 Å². The summed E-state index contributed by atoms with van der Waals surface area (Å²) in [6, 6.07) is 2.19. The Hall–Kier alpha value is -1.27. The molecule has 0 atom stereocenters. The van der Waals surface area contributed by atoms with E-state index in [1.807, 2.05) is 0 Å². The highest BCUT2D eigenvalue weighted by molar-refractivity contribution is 5.40. The van der Waals surface area contributed by atoms with Gasteiger partial charge in [-0.15, -0.1) is 0 Å². The Balaban J connectivity index is 2.71. The lowest BCUT2D eigenvalue weighted by Gasteiger charge is -2.01. The van der Waals surface area contributed by atoms with E-state index in [2.05, 4.69) is 18.0 Å². The van der Waals surface area contributed by atoms with E-state index in [1.54, 1.807) is 6.20 Å². The molecular formula is C11H17N3. The molecule has 0 aromatic carbocycles. The van der Waals surface area contributed by atoms with E-state index in [0.717, 1.165) is 29.7 Å². The third-order valence-corrected chi connectivity index (χ3v) is 2.44. The number of nitrogens with one attached hydrogen (secondary N) is 1. The zero-order chi connectivity index (χ0) is 10.4. The third kappa shape index (κ3) is 2.36. The Morgan fingerprint density at radius 1 is 1.50 bits per heavy atom. The number of hydrogen-bond donors (Lipinski definition) is 2. The SMILES string of the molecule is CCCCCc1c(C#N)c[nH]c1CN. The van der Waals surface area contributed by atoms with E-state index < -0.39 is 0 Å². The average Bonchev–Trinajstić information content (AvgIpc) is 2.60. The van der Waals surface area contributed by atoms with Crippen molar-refractivity contribution in [3.05, 3.63) is 23.0 Å². The summed E-state index contributed by atoms with van der Waals surface area (Å²) in [5.74, 6) is 0. The fourth-order valence-corrected chi connectivity index (χ4v) is 1.62. The van der Waals surface area contributed by atoms with Crippen LogP contribution < -0.4 is 5.73 Å². The number of aromatic amines is 1. The van der Waals surface area contributed by atoms with E-state index in [-0.39, 0.29) is 0 Å². The zero-order valence-electron chi connectivity index (χ0n) is 8.64. The average molecular weight is 191 g/mol. The lowest BCUT2D eigenvalue weighted by Crippen LogP contribution is -2.01. The third-order valence-electron chi connectivity index (χ3n) is 2.44. The van der Waals surface area contributed by atoms with E-state index in [4.69, 9.17) is 11.0 Å². The molecule has 76 valence electrons. The molecular weight excluding hydrogens is 174 g/mol. The van der Waals surface area contributed by atoms with Crippen molar-refractivity contribution in [2.75, 3.05) is 0 Å². The lowest BCUT2D eigenvalue weighted by atomic mass is 10.0. The van der Waals surface area contributed by atoms with Crippen molar-refractivity contribution < 1.29 is 0 Å². The molecule has 0 fully saturated rings. The first-order valence-electron chi connectivity index (χ1n) is 5.12. The first-order chi connectivity index (χ1) is 6.83. The van der Waals surface area contributed by atoms with Crippen LogP contribution in [-0.2, 0) is 13.0 Å². The van der Waals surface area contributed by atoms with Gasteiger partial charge < -0.3 is 10.7 Å². The zero-order valence-corrected chi connectivity index (χ0v) is 8.64. The van der Waals surface area contributed by atoms with Crippen LogP contribution in [0.5, 0.6) is 0 Å². The molecule has 14 heavy (non-hydrogen) atoms. The van der Waals surface area contributed by atoms with Gasteiger partial charge in [0.2, 0.25) is 0 Å². The molecule has 0 aliphatic heterocycles. The molecule has 3 N–H and O–H groups in total. The number of aromatic nitrogens is 1. The molecule has 0 spiro atoms. The molecule has 0 bridgehead atoms. The van der Waals surface area contributed by atoms with E-state index in [9.17, 15) is 0 Å². The molecule has 1 rings (SSSR count). The number of nitrogens with zero attached hydrogens (tertiary/aromatic N) is 1. The molecule has 0 amide bonds. The molecule has 1 aromatic heterocycles. The molecule has 0 saturated carbocycles. The summed E-state index contributed by atoms with van der Waals surface area (Å²) < 4.78 is 0. The predicted octanol–water partition coefficient (Wildman–Crippen LogP) is 2.08. The minimum absolute atomic E-state index is 0.489. The van der Waals surface area contributed by atoms with Crippen LogP contribution in [0.1, 0.15) is 43.0 Å². The van der Waals surface area contributed by atoms with Crippen LogP contribution in [0.15, 0.2) is 6.20 Å². The monoisotopic (exact) mass is 191 g/mol. The summed E-state index contributed by atoms with van der Waals surface area (Å²) >= 11 is 0. The Morgan fingerprint density at radius 3 is 2.86 bits per heavy atom. The Kier molecular flexibility index (Phi) is 4.21. The first kappa shape index (κ1) is 10.8. The molecule has 3 heteroatoms. The minimum Gasteiger partial charge on any atom is -0.362 e. The normalized spacial score (nSPS) is 10.1. The van der Waals surface area contributed by atoms with Crippen LogP contribution in [0.4, 0.5) is 0 Å². The summed E-state index contributed by atoms with van der Waals surface area (Å²) in [5, 5.41) is 8.87. The molecule has 1 heterocycles. The second-order valence-electron chi connectivity index (χ2n) is 3.43. The van der Waals surface area contributed by atoms with Crippen molar-refractivity contribution in [1.82, 2.24) is 4.98 Å². The number of nitriles is 1. The quantitative estimate of drug-likeness (QED) is 0.700. The van der Waals surface area contributed by atoms with Gasteiger partial charge in [-0.05, 0) is 18.4 Å². The molecule has 0 saturated heterocycles. The van der Waals surface area contributed by atoms with Crippen LogP contribution in [0.3, 0.4) is 0 Å². The van der Waals surface area contributed by atoms with Gasteiger partial charge in [0.05, 0.1) is 5.56 Å². The van der Waals surface area contributed by atoms with Crippen molar-refractivity contribution in [2.45, 2.75) is 39.2 Å². The van der Waals surface area contributed by atoms with Gasteiger partial charge >= 0.3 is 0 Å². The largest absolute Gasteiger partial charge is 0.362 e. The summed E-state index contributed by atoms with van der Waals surface area (Å²) in [4.78, 5) is 3.05. The van der Waals surface area contributed by atoms with Crippen molar-refractivity contribution in [2.24, 2.45) is 5.73 Å². The minimum atomic E-state index is 0.489. The fraction of sp³-hybridized carbons (Fsp3) is 0.545. The first-order valence-corrected chi connectivity index (χ1v) is 5.12. The molecule has 0 aliphatic carbocycles. The van der Waals surface area contributed by atoms with Gasteiger partial charge in [0.15, 0.2) is 0 Å². The van der Waals surface area contributed by atoms with Gasteiger partial charge in [-0.2, -0.15) is 5.26 Å². The second kappa shape index (κ2) is 5.46. The van der Waals surface area contributed by atoms with Gasteiger partial charge in [-0.3, -0.25) is 0 Å². The standard InChI is InChI=1S/C11H17N3/c1-2-3-4-5-10-9(6-12)8-14-11(10)7-13/h8,14H,2-5,7,13H2,1H3. The molecule has 3 nitrogen and oxygen atoms in total.